The molecule has 0 radical (unpaired) electrons. The van der Waals surface area contributed by atoms with Gasteiger partial charge in [0.2, 0.25) is 5.91 Å². The molecule has 1 heterocycles. The molecule has 0 unspecified atom stereocenters. The van der Waals surface area contributed by atoms with Gasteiger partial charge in [0.1, 0.15) is 11.8 Å². The highest BCUT2D eigenvalue weighted by Gasteiger charge is 2.24. The van der Waals surface area contributed by atoms with Crippen LogP contribution in [0, 0.1) is 0 Å². The van der Waals surface area contributed by atoms with Crippen LogP contribution in [0.4, 0.5) is 9.59 Å². The fraction of sp³-hybridized carbons (Fsp3) is 0.348. The molecule has 188 valence electrons. The number of carbonyl (C=O) groups is 3. The fourth-order valence-electron chi connectivity index (χ4n) is 3.44. The molecule has 0 bridgehead atoms. The smallest absolute Gasteiger partial charge is 0.383 e. The van der Waals surface area contributed by atoms with Crippen LogP contribution in [-0.4, -0.2) is 70.0 Å². The van der Waals surface area contributed by atoms with Crippen molar-refractivity contribution in [2.45, 2.75) is 18.9 Å². The lowest BCUT2D eigenvalue weighted by Gasteiger charge is -2.20. The Labute approximate surface area is 203 Å². The highest BCUT2D eigenvalue weighted by Crippen LogP contribution is 2.25. The van der Waals surface area contributed by atoms with Crippen LogP contribution in [0.1, 0.15) is 12.0 Å². The molecule has 3 N–H and O–H groups in total. The van der Waals surface area contributed by atoms with Crippen molar-refractivity contribution in [1.29, 1.82) is 0 Å². The van der Waals surface area contributed by atoms with Crippen molar-refractivity contribution < 1.29 is 36.5 Å². The summed E-state index contributed by atoms with van der Waals surface area (Å²) in [5.74, 6) is -0.597. The van der Waals surface area contributed by atoms with Gasteiger partial charge in [-0.15, -0.1) is 0 Å². The first-order valence-electron chi connectivity index (χ1n) is 10.8. The summed E-state index contributed by atoms with van der Waals surface area (Å²) in [5.41, 5.74) is 7.63. The Morgan fingerprint density at radius 1 is 1.09 bits per heavy atom. The van der Waals surface area contributed by atoms with E-state index in [-0.39, 0.29) is 12.2 Å². The van der Waals surface area contributed by atoms with E-state index in [0.29, 0.717) is 38.3 Å². The number of nitrogens with zero attached hydrogens (tertiary/aromatic N) is 1. The number of nitrogens with one attached hydrogen (secondary N) is 1. The molecule has 3 amide bonds. The Kier molecular flexibility index (Phi) is 8.66. The Hall–Kier alpha value is -3.64. The quantitative estimate of drug-likeness (QED) is 0.425. The summed E-state index contributed by atoms with van der Waals surface area (Å²) in [6.45, 7) is 1.59. The van der Waals surface area contributed by atoms with Crippen molar-refractivity contribution in [3.05, 3.63) is 54.1 Å². The maximum atomic E-state index is 12.2. The van der Waals surface area contributed by atoms with E-state index in [0.717, 1.165) is 17.4 Å². The van der Waals surface area contributed by atoms with Gasteiger partial charge in [-0.2, -0.15) is 8.42 Å². The van der Waals surface area contributed by atoms with Crippen LogP contribution >= 0.6 is 0 Å². The van der Waals surface area contributed by atoms with E-state index in [1.807, 2.05) is 0 Å². The Morgan fingerprint density at radius 2 is 1.83 bits per heavy atom. The highest BCUT2D eigenvalue weighted by molar-refractivity contribution is 7.86. The Balaban J connectivity index is 1.61. The van der Waals surface area contributed by atoms with Gasteiger partial charge < -0.3 is 29.6 Å². The number of hydrogen-bond acceptors (Lipinski definition) is 8. The fourth-order valence-corrected chi connectivity index (χ4v) is 3.89. The van der Waals surface area contributed by atoms with Crippen LogP contribution in [0.2, 0.25) is 0 Å². The minimum Gasteiger partial charge on any atom is -0.383 e. The lowest BCUT2D eigenvalue weighted by molar-refractivity contribution is -0.119. The maximum Gasteiger partial charge on any atom is 0.418 e. The molecule has 3 rings (SSSR count). The standard InChI is InChI=1S/C23H27N3O8S/c1-35(30,31)34-19-5-2-4-18(15-19)17-8-6-16(7-9-17)14-20(21(24)27)25-22(28)33-23(29)26-10-3-12-32-13-11-26/h2,4-9,15,20H,3,10-14H2,1H3,(H2,24,27)(H,25,28)/t20-/m0/s1. The first-order chi connectivity index (χ1) is 16.6. The summed E-state index contributed by atoms with van der Waals surface area (Å²) in [4.78, 5) is 37.6. The maximum absolute atomic E-state index is 12.2. The lowest BCUT2D eigenvalue weighted by atomic mass is 10.0. The van der Waals surface area contributed by atoms with Gasteiger partial charge in [-0.05, 0) is 35.2 Å². The summed E-state index contributed by atoms with van der Waals surface area (Å²) in [7, 11) is -3.65. The van der Waals surface area contributed by atoms with Crippen molar-refractivity contribution in [3.63, 3.8) is 0 Å². The first kappa shape index (κ1) is 26.0. The SMILES string of the molecule is CS(=O)(=O)Oc1cccc(-c2ccc(C[C@H](NC(=O)OC(=O)N3CCCOCC3)C(N)=O)cc2)c1. The predicted octanol–water partition coefficient (Wildman–Crippen LogP) is 1.66. The molecule has 12 heteroatoms. The zero-order valence-corrected chi connectivity index (χ0v) is 20.0. The van der Waals surface area contributed by atoms with E-state index in [9.17, 15) is 22.8 Å². The summed E-state index contributed by atoms with van der Waals surface area (Å²) >= 11 is 0. The largest absolute Gasteiger partial charge is 0.418 e. The van der Waals surface area contributed by atoms with E-state index in [1.165, 1.54) is 11.0 Å². The van der Waals surface area contributed by atoms with E-state index in [1.54, 1.807) is 42.5 Å². The van der Waals surface area contributed by atoms with Crippen molar-refractivity contribution in [1.82, 2.24) is 10.2 Å². The number of primary amides is 1. The van der Waals surface area contributed by atoms with Gasteiger partial charge in [0.15, 0.2) is 0 Å². The van der Waals surface area contributed by atoms with Gasteiger partial charge in [-0.1, -0.05) is 36.4 Å². The lowest BCUT2D eigenvalue weighted by Crippen LogP contribution is -2.47. The highest BCUT2D eigenvalue weighted by atomic mass is 32.2. The molecule has 2 aromatic rings. The number of rotatable bonds is 7. The molecule has 1 fully saturated rings. The third kappa shape index (κ3) is 8.26. The van der Waals surface area contributed by atoms with Crippen LogP contribution in [0.3, 0.4) is 0 Å². The number of amides is 3. The van der Waals surface area contributed by atoms with Crippen LogP contribution in [0.25, 0.3) is 11.1 Å². The molecule has 1 aliphatic rings. The van der Waals surface area contributed by atoms with E-state index in [4.69, 9.17) is 19.4 Å². The Morgan fingerprint density at radius 3 is 2.51 bits per heavy atom. The van der Waals surface area contributed by atoms with E-state index < -0.39 is 34.3 Å². The summed E-state index contributed by atoms with van der Waals surface area (Å²) in [6, 6.07) is 12.5. The average molecular weight is 506 g/mol. The van der Waals surface area contributed by atoms with Crippen LogP contribution < -0.4 is 15.2 Å². The number of nitrogens with two attached hydrogens (primary N) is 1. The van der Waals surface area contributed by atoms with Gasteiger partial charge in [0.05, 0.1) is 12.9 Å². The molecule has 2 aromatic carbocycles. The van der Waals surface area contributed by atoms with Crippen LogP contribution in [0.15, 0.2) is 48.5 Å². The molecule has 1 atom stereocenters. The van der Waals surface area contributed by atoms with Crippen LogP contribution in [-0.2, 0) is 30.8 Å². The second kappa shape index (κ2) is 11.7. The molecule has 1 aliphatic heterocycles. The number of carbonyl (C=O) groups excluding carboxylic acids is 3. The number of alkyl carbamates (subject to hydrolysis) is 1. The normalized spacial score (nSPS) is 14.9. The molecule has 1 saturated heterocycles. The van der Waals surface area contributed by atoms with Crippen LogP contribution in [0.5, 0.6) is 5.75 Å². The van der Waals surface area contributed by atoms with E-state index in [2.05, 4.69) is 5.32 Å². The summed E-state index contributed by atoms with van der Waals surface area (Å²) in [6.07, 6.45) is -0.210. The minimum atomic E-state index is -3.65. The van der Waals surface area contributed by atoms with E-state index >= 15 is 0 Å². The van der Waals surface area contributed by atoms with Crippen molar-refractivity contribution in [3.8, 4) is 16.9 Å². The van der Waals surface area contributed by atoms with Gasteiger partial charge in [-0.3, -0.25) is 4.79 Å². The summed E-state index contributed by atoms with van der Waals surface area (Å²) < 4.78 is 37.7. The molecular formula is C23H27N3O8S. The number of hydrogen-bond donors (Lipinski definition) is 2. The number of ether oxygens (including phenoxy) is 2. The molecule has 35 heavy (non-hydrogen) atoms. The molecule has 0 spiro atoms. The second-order valence-corrected chi connectivity index (χ2v) is 9.50. The molecular weight excluding hydrogens is 478 g/mol. The van der Waals surface area contributed by atoms with Crippen molar-refractivity contribution in [2.24, 2.45) is 5.73 Å². The number of benzene rings is 2. The second-order valence-electron chi connectivity index (χ2n) is 7.92. The zero-order valence-electron chi connectivity index (χ0n) is 19.1. The van der Waals surface area contributed by atoms with Crippen molar-refractivity contribution in [2.75, 3.05) is 32.6 Å². The third-order valence-corrected chi connectivity index (χ3v) is 5.60. The van der Waals surface area contributed by atoms with Gasteiger partial charge in [0.25, 0.3) is 0 Å². The average Bonchev–Trinajstić information content (AvgIpc) is 3.08. The van der Waals surface area contributed by atoms with Crippen molar-refractivity contribution >= 4 is 28.2 Å². The third-order valence-electron chi connectivity index (χ3n) is 5.10. The monoisotopic (exact) mass is 505 g/mol. The zero-order chi connectivity index (χ0) is 25.4. The predicted molar refractivity (Wildman–Crippen MR) is 126 cm³/mol. The summed E-state index contributed by atoms with van der Waals surface area (Å²) in [5, 5.41) is 2.34. The first-order valence-corrected chi connectivity index (χ1v) is 12.7. The van der Waals surface area contributed by atoms with Gasteiger partial charge in [0, 0.05) is 26.1 Å². The minimum absolute atomic E-state index is 0.0771. The molecule has 11 nitrogen and oxygen atoms in total. The topological polar surface area (TPSA) is 154 Å². The Bertz CT molecular complexity index is 1160. The molecule has 0 saturated carbocycles. The molecule has 0 aromatic heterocycles. The van der Waals surface area contributed by atoms with Gasteiger partial charge >= 0.3 is 22.3 Å². The molecule has 0 aliphatic carbocycles. The van der Waals surface area contributed by atoms with Gasteiger partial charge in [-0.25, -0.2) is 9.59 Å².